The molecule has 6 atom stereocenters. The third-order valence-electron chi connectivity index (χ3n) is 6.17. The molecular formula is C18H26N4O5S. The zero-order valence-corrected chi connectivity index (χ0v) is 16.7. The number of carbonyl (C=O) groups is 3. The first-order valence-corrected chi connectivity index (χ1v) is 10.6. The number of nitrogens with one attached hydrogen (secondary N) is 2. The summed E-state index contributed by atoms with van der Waals surface area (Å²) in [7, 11) is 0. The molecule has 0 aliphatic carbocycles. The van der Waals surface area contributed by atoms with Crippen LogP contribution in [0, 0.1) is 11.8 Å². The molecule has 3 fully saturated rings. The summed E-state index contributed by atoms with van der Waals surface area (Å²) in [6.07, 6.45) is 0.0375. The van der Waals surface area contributed by atoms with Crippen LogP contribution >= 0.6 is 11.8 Å². The van der Waals surface area contributed by atoms with Crippen LogP contribution in [0.1, 0.15) is 20.3 Å². The number of carboxylic acids is 1. The summed E-state index contributed by atoms with van der Waals surface area (Å²) >= 11 is 1.53. The smallest absolute Gasteiger partial charge is 0.353 e. The van der Waals surface area contributed by atoms with Crippen LogP contribution in [0.3, 0.4) is 0 Å². The van der Waals surface area contributed by atoms with E-state index in [4.69, 9.17) is 0 Å². The number of aliphatic carboxylic acids is 1. The average molecular weight is 410 g/mol. The van der Waals surface area contributed by atoms with Gasteiger partial charge < -0.3 is 30.6 Å². The fourth-order valence-corrected chi connectivity index (χ4v) is 6.34. The summed E-state index contributed by atoms with van der Waals surface area (Å²) in [5.74, 6) is -2.05. The summed E-state index contributed by atoms with van der Waals surface area (Å²) in [6, 6.07) is -0.138. The van der Waals surface area contributed by atoms with Gasteiger partial charge in [0.2, 0.25) is 5.91 Å². The van der Waals surface area contributed by atoms with Gasteiger partial charge in [-0.3, -0.25) is 4.79 Å². The second-order valence-electron chi connectivity index (χ2n) is 8.03. The molecule has 0 unspecified atom stereocenters. The quantitative estimate of drug-likeness (QED) is 0.441. The van der Waals surface area contributed by atoms with Crippen LogP contribution in [0.5, 0.6) is 0 Å². The van der Waals surface area contributed by atoms with Crippen molar-refractivity contribution in [3.8, 4) is 0 Å². The van der Waals surface area contributed by atoms with Crippen molar-refractivity contribution in [1.82, 2.24) is 20.4 Å². The number of rotatable bonds is 6. The number of aliphatic hydroxyl groups is 1. The number of amides is 3. The van der Waals surface area contributed by atoms with E-state index in [1.54, 1.807) is 11.8 Å². The van der Waals surface area contributed by atoms with E-state index in [0.29, 0.717) is 19.6 Å². The molecule has 4 rings (SSSR count). The number of thioether (sulfide) groups is 1. The van der Waals surface area contributed by atoms with Crippen molar-refractivity contribution < 1.29 is 24.6 Å². The molecule has 0 spiro atoms. The van der Waals surface area contributed by atoms with E-state index in [2.05, 4.69) is 10.6 Å². The maximum absolute atomic E-state index is 12.4. The number of carboxylic acid groups (broad SMARTS) is 1. The van der Waals surface area contributed by atoms with Crippen molar-refractivity contribution in [1.29, 1.82) is 0 Å². The van der Waals surface area contributed by atoms with Crippen molar-refractivity contribution in [2.75, 3.05) is 26.2 Å². The van der Waals surface area contributed by atoms with Crippen LogP contribution in [-0.2, 0) is 9.59 Å². The highest BCUT2D eigenvalue weighted by atomic mass is 32.2. The predicted molar refractivity (Wildman–Crippen MR) is 102 cm³/mol. The minimum absolute atomic E-state index is 0.0368. The summed E-state index contributed by atoms with van der Waals surface area (Å²) < 4.78 is 0. The molecule has 0 bridgehead atoms. The van der Waals surface area contributed by atoms with Gasteiger partial charge in [0.25, 0.3) is 0 Å². The molecule has 4 N–H and O–H groups in total. The largest absolute Gasteiger partial charge is 0.477 e. The van der Waals surface area contributed by atoms with Crippen LogP contribution in [0.15, 0.2) is 10.6 Å². The SMILES string of the molecule is C[C@@H](O)[C@H]1C(=O)N2C(C(=O)O)=C(S[C@@H]3CN[C@H](CN4CCNC4=O)C3)[C@H](C)[C@H]12. The van der Waals surface area contributed by atoms with Crippen molar-refractivity contribution in [3.05, 3.63) is 10.6 Å². The normalized spacial score (nSPS) is 35.9. The topological polar surface area (TPSA) is 122 Å². The Labute approximate surface area is 167 Å². The number of hydrogen-bond acceptors (Lipinski definition) is 6. The molecular weight excluding hydrogens is 384 g/mol. The number of urea groups is 1. The lowest BCUT2D eigenvalue weighted by molar-refractivity contribution is -0.163. The van der Waals surface area contributed by atoms with Gasteiger partial charge in [0, 0.05) is 48.3 Å². The summed E-state index contributed by atoms with van der Waals surface area (Å²) in [6.45, 7) is 6.27. The Hall–Kier alpha value is -1.78. The lowest BCUT2D eigenvalue weighted by Gasteiger charge is -2.46. The highest BCUT2D eigenvalue weighted by molar-refractivity contribution is 8.03. The first-order chi connectivity index (χ1) is 13.3. The Morgan fingerprint density at radius 3 is 2.75 bits per heavy atom. The molecule has 9 nitrogen and oxygen atoms in total. The van der Waals surface area contributed by atoms with E-state index >= 15 is 0 Å². The number of β-lactam (4-membered cyclic amide) rings is 1. The number of hydrogen-bond donors (Lipinski definition) is 4. The van der Waals surface area contributed by atoms with Crippen LogP contribution in [0.2, 0.25) is 0 Å². The number of nitrogens with zero attached hydrogens (tertiary/aromatic N) is 2. The summed E-state index contributed by atoms with van der Waals surface area (Å²) in [4.78, 5) is 39.9. The van der Waals surface area contributed by atoms with Crippen molar-refractivity contribution in [2.24, 2.45) is 11.8 Å². The first kappa shape index (κ1) is 19.5. The zero-order chi connectivity index (χ0) is 20.2. The van der Waals surface area contributed by atoms with Gasteiger partial charge in [-0.1, -0.05) is 6.92 Å². The lowest BCUT2D eigenvalue weighted by Crippen LogP contribution is -2.63. The second kappa shape index (κ2) is 7.23. The van der Waals surface area contributed by atoms with Gasteiger partial charge in [0.1, 0.15) is 5.70 Å². The standard InChI is InChI=1S/C18H26N4O5S/c1-8-13-12(9(2)23)16(24)22(13)14(17(25)26)15(8)28-11-5-10(20-6-11)7-21-4-3-19-18(21)27/h8-13,20,23H,3-7H2,1-2H3,(H,19,27)(H,25,26)/t8-,9-,10+,11+,12-,13-/m1/s1. The maximum atomic E-state index is 12.4. The van der Waals surface area contributed by atoms with Crippen LogP contribution in [-0.4, -0.2) is 87.5 Å². The highest BCUT2D eigenvalue weighted by Gasteiger charge is 2.60. The summed E-state index contributed by atoms with van der Waals surface area (Å²) in [5.41, 5.74) is 0.0757. The highest BCUT2D eigenvalue weighted by Crippen LogP contribution is 2.51. The minimum atomic E-state index is -1.09. The Kier molecular flexibility index (Phi) is 5.05. The summed E-state index contributed by atoms with van der Waals surface area (Å²) in [5, 5.41) is 26.0. The van der Waals surface area contributed by atoms with Crippen molar-refractivity contribution in [3.63, 3.8) is 0 Å². The van der Waals surface area contributed by atoms with Crippen LogP contribution in [0.25, 0.3) is 0 Å². The zero-order valence-electron chi connectivity index (χ0n) is 15.9. The Morgan fingerprint density at radius 1 is 1.39 bits per heavy atom. The third-order valence-corrected chi connectivity index (χ3v) is 7.68. The van der Waals surface area contributed by atoms with E-state index in [9.17, 15) is 24.6 Å². The van der Waals surface area contributed by atoms with Crippen LogP contribution in [0.4, 0.5) is 4.79 Å². The van der Waals surface area contributed by atoms with Crippen molar-refractivity contribution in [2.45, 2.75) is 43.7 Å². The Morgan fingerprint density at radius 2 is 2.14 bits per heavy atom. The monoisotopic (exact) mass is 410 g/mol. The van der Waals surface area contributed by atoms with E-state index in [1.807, 2.05) is 6.92 Å². The van der Waals surface area contributed by atoms with Gasteiger partial charge in [-0.05, 0) is 13.3 Å². The molecule has 4 heterocycles. The molecule has 0 saturated carbocycles. The molecule has 0 aromatic heterocycles. The predicted octanol–water partition coefficient (Wildman–Crippen LogP) is -0.371. The van der Waals surface area contributed by atoms with Crippen LogP contribution < -0.4 is 10.6 Å². The van der Waals surface area contributed by atoms with Crippen molar-refractivity contribution >= 4 is 29.7 Å². The molecule has 3 amide bonds. The molecule has 4 aliphatic rings. The van der Waals surface area contributed by atoms with Gasteiger partial charge >= 0.3 is 12.0 Å². The van der Waals surface area contributed by atoms with Gasteiger partial charge in [0.05, 0.1) is 18.1 Å². The lowest BCUT2D eigenvalue weighted by atomic mass is 9.79. The second-order valence-corrected chi connectivity index (χ2v) is 9.37. The number of carbonyl (C=O) groups excluding carboxylic acids is 2. The molecule has 0 aromatic rings. The van der Waals surface area contributed by atoms with Gasteiger partial charge in [-0.25, -0.2) is 9.59 Å². The van der Waals surface area contributed by atoms with E-state index in [-0.39, 0.29) is 40.9 Å². The molecule has 0 radical (unpaired) electrons. The van der Waals surface area contributed by atoms with Gasteiger partial charge in [0.15, 0.2) is 0 Å². The maximum Gasteiger partial charge on any atom is 0.353 e. The molecule has 4 aliphatic heterocycles. The molecule has 28 heavy (non-hydrogen) atoms. The van der Waals surface area contributed by atoms with E-state index in [0.717, 1.165) is 17.9 Å². The van der Waals surface area contributed by atoms with E-state index < -0.39 is 18.0 Å². The Balaban J connectivity index is 1.44. The fourth-order valence-electron chi connectivity index (χ4n) is 4.82. The first-order valence-electron chi connectivity index (χ1n) is 9.71. The number of aliphatic hydroxyl groups excluding tert-OH is 1. The van der Waals surface area contributed by atoms with E-state index in [1.165, 1.54) is 16.7 Å². The number of fused-ring (bicyclic) bond motifs is 1. The molecule has 154 valence electrons. The molecule has 10 heteroatoms. The minimum Gasteiger partial charge on any atom is -0.477 e. The third kappa shape index (κ3) is 3.07. The fraction of sp³-hybridized carbons (Fsp3) is 0.722. The average Bonchev–Trinajstić information content (AvgIpc) is 3.28. The van der Waals surface area contributed by atoms with Gasteiger partial charge in [-0.15, -0.1) is 11.8 Å². The molecule has 3 saturated heterocycles. The van der Waals surface area contributed by atoms with Gasteiger partial charge in [-0.2, -0.15) is 0 Å². The molecule has 0 aromatic carbocycles. The Bertz CT molecular complexity index is 741.